The third-order valence-corrected chi connectivity index (χ3v) is 5.15. The molecule has 138 valence electrons. The van der Waals surface area contributed by atoms with Crippen LogP contribution in [0.1, 0.15) is 24.5 Å². The Kier molecular flexibility index (Phi) is 5.01. The fourth-order valence-corrected chi connectivity index (χ4v) is 3.80. The van der Waals surface area contributed by atoms with Gasteiger partial charge in [-0.1, -0.05) is 13.0 Å². The molecule has 0 radical (unpaired) electrons. The minimum atomic E-state index is 0.0757. The third-order valence-electron chi connectivity index (χ3n) is 5.15. The van der Waals surface area contributed by atoms with E-state index < -0.39 is 0 Å². The molecule has 0 bridgehead atoms. The summed E-state index contributed by atoms with van der Waals surface area (Å²) in [5.74, 6) is 1.06. The van der Waals surface area contributed by atoms with E-state index in [-0.39, 0.29) is 12.1 Å². The lowest BCUT2D eigenvalue weighted by atomic mass is 10.1. The first-order valence-corrected chi connectivity index (χ1v) is 9.22. The number of hydrogen-bond acceptors (Lipinski definition) is 5. The smallest absolute Gasteiger partial charge is 0.136 e. The Hall–Kier alpha value is -2.22. The van der Waals surface area contributed by atoms with Crippen molar-refractivity contribution in [2.45, 2.75) is 25.6 Å². The lowest BCUT2D eigenvalue weighted by molar-refractivity contribution is -0.0730. The molecule has 26 heavy (non-hydrogen) atoms. The molecule has 1 fully saturated rings. The zero-order valence-corrected chi connectivity index (χ0v) is 15.4. The molecule has 1 saturated heterocycles. The van der Waals surface area contributed by atoms with Gasteiger partial charge < -0.3 is 19.0 Å². The Morgan fingerprint density at radius 1 is 1.23 bits per heavy atom. The van der Waals surface area contributed by atoms with E-state index in [2.05, 4.69) is 49.2 Å². The van der Waals surface area contributed by atoms with Gasteiger partial charge in [0.2, 0.25) is 0 Å². The number of imidazole rings is 2. The van der Waals surface area contributed by atoms with Crippen LogP contribution in [0, 0.1) is 0 Å². The van der Waals surface area contributed by atoms with Crippen molar-refractivity contribution in [3.63, 3.8) is 0 Å². The quantitative estimate of drug-likeness (QED) is 0.729. The lowest BCUT2D eigenvalue weighted by Gasteiger charge is -2.40. The number of hydrogen-bond donors (Lipinski definition) is 1. The molecule has 3 aromatic heterocycles. The zero-order chi connectivity index (χ0) is 17.9. The second-order valence-corrected chi connectivity index (χ2v) is 6.68. The van der Waals surface area contributed by atoms with Gasteiger partial charge in [-0.3, -0.25) is 4.90 Å². The van der Waals surface area contributed by atoms with Crippen molar-refractivity contribution in [1.29, 1.82) is 0 Å². The Bertz CT molecular complexity index is 856. The minimum absolute atomic E-state index is 0.0757. The van der Waals surface area contributed by atoms with Crippen LogP contribution in [0.3, 0.4) is 0 Å². The highest BCUT2D eigenvalue weighted by Gasteiger charge is 2.35. The summed E-state index contributed by atoms with van der Waals surface area (Å²) in [6.45, 7) is 6.44. The molecule has 0 amide bonds. The molecule has 0 spiro atoms. The number of aryl methyl sites for hydroxylation is 1. The maximum Gasteiger partial charge on any atom is 0.136 e. The molecule has 2 atom stereocenters. The van der Waals surface area contributed by atoms with Crippen molar-refractivity contribution < 1.29 is 4.74 Å². The Balaban J connectivity index is 1.47. The summed E-state index contributed by atoms with van der Waals surface area (Å²) in [5.41, 5.74) is 2.16. The summed E-state index contributed by atoms with van der Waals surface area (Å²) >= 11 is 0. The van der Waals surface area contributed by atoms with Crippen LogP contribution in [0.2, 0.25) is 0 Å². The van der Waals surface area contributed by atoms with E-state index in [1.807, 2.05) is 36.9 Å². The molecule has 1 aliphatic rings. The van der Waals surface area contributed by atoms with E-state index in [1.54, 1.807) is 0 Å². The molecule has 1 aliphatic heterocycles. The molecule has 7 heteroatoms. The van der Waals surface area contributed by atoms with E-state index in [1.165, 1.54) is 5.69 Å². The number of rotatable bonds is 6. The van der Waals surface area contributed by atoms with Gasteiger partial charge >= 0.3 is 0 Å². The van der Waals surface area contributed by atoms with Gasteiger partial charge in [0.05, 0.1) is 18.8 Å². The highest BCUT2D eigenvalue weighted by molar-refractivity contribution is 5.39. The van der Waals surface area contributed by atoms with Crippen LogP contribution in [-0.4, -0.2) is 56.2 Å². The van der Waals surface area contributed by atoms with E-state index in [0.717, 1.165) is 44.3 Å². The normalized spacial score (nSPS) is 21.5. The topological polar surface area (TPSA) is 59.6 Å². The molecule has 7 nitrogen and oxygen atoms in total. The van der Waals surface area contributed by atoms with Crippen LogP contribution in [0.4, 0.5) is 0 Å². The van der Waals surface area contributed by atoms with E-state index in [4.69, 9.17) is 4.74 Å². The second-order valence-electron chi connectivity index (χ2n) is 6.68. The fourth-order valence-electron chi connectivity index (χ4n) is 3.80. The molecular formula is C19H26N6O. The number of ether oxygens (including phenoxy) is 1. The fraction of sp³-hybridized carbons (Fsp3) is 0.474. The maximum absolute atomic E-state index is 6.14. The molecule has 0 aliphatic carbocycles. The number of aromatic nitrogens is 4. The van der Waals surface area contributed by atoms with Gasteiger partial charge in [-0.05, 0) is 18.7 Å². The number of fused-ring (bicyclic) bond motifs is 1. The number of likely N-dealkylation sites (N-methyl/N-ethyl adjacent to an activating group) is 1. The van der Waals surface area contributed by atoms with Crippen molar-refractivity contribution in [3.05, 3.63) is 54.5 Å². The molecule has 0 saturated carbocycles. The SMILES string of the molecule is CCN1CCO[C@@H](CNCc2cccc3nccn23)[C@@H]1c1nccn1C. The van der Waals surface area contributed by atoms with Crippen molar-refractivity contribution in [3.8, 4) is 0 Å². The first kappa shape index (κ1) is 17.2. The molecule has 4 rings (SSSR count). The van der Waals surface area contributed by atoms with Crippen molar-refractivity contribution in [2.24, 2.45) is 7.05 Å². The van der Waals surface area contributed by atoms with Crippen LogP contribution in [-0.2, 0) is 18.3 Å². The Morgan fingerprint density at radius 2 is 2.12 bits per heavy atom. The first-order valence-electron chi connectivity index (χ1n) is 9.22. The number of morpholine rings is 1. The van der Waals surface area contributed by atoms with Crippen molar-refractivity contribution >= 4 is 5.65 Å². The summed E-state index contributed by atoms with van der Waals surface area (Å²) in [6, 6.07) is 6.36. The number of pyridine rings is 1. The van der Waals surface area contributed by atoms with Gasteiger partial charge in [0, 0.05) is 57.2 Å². The first-order chi connectivity index (χ1) is 12.8. The van der Waals surface area contributed by atoms with Gasteiger partial charge in [0.1, 0.15) is 11.5 Å². The molecule has 1 N–H and O–H groups in total. The van der Waals surface area contributed by atoms with Crippen LogP contribution < -0.4 is 5.32 Å². The summed E-state index contributed by atoms with van der Waals surface area (Å²) in [4.78, 5) is 11.4. The maximum atomic E-state index is 6.14. The number of nitrogens with zero attached hydrogens (tertiary/aromatic N) is 5. The van der Waals surface area contributed by atoms with Gasteiger partial charge in [-0.2, -0.15) is 0 Å². The van der Waals surface area contributed by atoms with E-state index in [9.17, 15) is 0 Å². The lowest BCUT2D eigenvalue weighted by Crippen LogP contribution is -2.49. The largest absolute Gasteiger partial charge is 0.373 e. The summed E-state index contributed by atoms with van der Waals surface area (Å²) in [7, 11) is 2.05. The van der Waals surface area contributed by atoms with Gasteiger partial charge in [-0.15, -0.1) is 0 Å². The van der Waals surface area contributed by atoms with E-state index in [0.29, 0.717) is 0 Å². The third kappa shape index (κ3) is 3.25. The predicted octanol–water partition coefficient (Wildman–Crippen LogP) is 1.62. The highest BCUT2D eigenvalue weighted by atomic mass is 16.5. The molecular weight excluding hydrogens is 328 g/mol. The summed E-state index contributed by atoms with van der Waals surface area (Å²) < 4.78 is 10.3. The molecule has 0 aromatic carbocycles. The molecule has 4 heterocycles. The summed E-state index contributed by atoms with van der Waals surface area (Å²) in [5, 5.41) is 3.57. The van der Waals surface area contributed by atoms with Gasteiger partial charge in [0.25, 0.3) is 0 Å². The highest BCUT2D eigenvalue weighted by Crippen LogP contribution is 2.27. The predicted molar refractivity (Wildman–Crippen MR) is 99.8 cm³/mol. The molecule has 0 unspecified atom stereocenters. The van der Waals surface area contributed by atoms with E-state index >= 15 is 0 Å². The van der Waals surface area contributed by atoms with Crippen LogP contribution >= 0.6 is 0 Å². The van der Waals surface area contributed by atoms with Crippen molar-refractivity contribution in [1.82, 2.24) is 29.2 Å². The average Bonchev–Trinajstić information content (AvgIpc) is 3.30. The molecule has 3 aromatic rings. The van der Waals surface area contributed by atoms with Gasteiger partial charge in [0.15, 0.2) is 0 Å². The van der Waals surface area contributed by atoms with Crippen LogP contribution in [0.15, 0.2) is 43.0 Å². The average molecular weight is 354 g/mol. The summed E-state index contributed by atoms with van der Waals surface area (Å²) in [6.07, 6.45) is 7.77. The Labute approximate surface area is 153 Å². The monoisotopic (exact) mass is 354 g/mol. The second kappa shape index (κ2) is 7.57. The number of nitrogens with one attached hydrogen (secondary N) is 1. The van der Waals surface area contributed by atoms with Crippen LogP contribution in [0.5, 0.6) is 0 Å². The van der Waals surface area contributed by atoms with Gasteiger partial charge in [-0.25, -0.2) is 9.97 Å². The van der Waals surface area contributed by atoms with Crippen molar-refractivity contribution in [2.75, 3.05) is 26.2 Å². The minimum Gasteiger partial charge on any atom is -0.373 e. The van der Waals surface area contributed by atoms with Crippen LogP contribution in [0.25, 0.3) is 5.65 Å². The Morgan fingerprint density at radius 3 is 2.92 bits per heavy atom. The zero-order valence-electron chi connectivity index (χ0n) is 15.4. The standard InChI is InChI=1S/C19H26N6O/c1-3-24-11-12-26-16(18(24)19-22-7-9-23(19)2)14-20-13-15-5-4-6-17-21-8-10-25(15)17/h4-10,16,18,20H,3,11-14H2,1-2H3/t16-,18+/m0/s1.